The van der Waals surface area contributed by atoms with Crippen molar-refractivity contribution in [2.24, 2.45) is 0 Å². The van der Waals surface area contributed by atoms with Crippen LogP contribution in [0.3, 0.4) is 0 Å². The molecule has 0 atom stereocenters. The van der Waals surface area contributed by atoms with Gasteiger partial charge in [-0.1, -0.05) is 237 Å². The van der Waals surface area contributed by atoms with Gasteiger partial charge in [0.2, 0.25) is 0 Å². The highest BCUT2D eigenvalue weighted by molar-refractivity contribution is 6.08. The summed E-state index contributed by atoms with van der Waals surface area (Å²) in [5, 5.41) is 4.82. The maximum Gasteiger partial charge on any atom is 0.160 e. The number of aromatic nitrogens is 2. The van der Waals surface area contributed by atoms with Gasteiger partial charge in [-0.2, -0.15) is 0 Å². The molecular formula is C61H40N2. The van der Waals surface area contributed by atoms with Crippen LogP contribution in [-0.4, -0.2) is 9.97 Å². The van der Waals surface area contributed by atoms with Gasteiger partial charge in [-0.25, -0.2) is 9.97 Å². The Morgan fingerprint density at radius 3 is 1.38 bits per heavy atom. The molecule has 294 valence electrons. The first-order valence-corrected chi connectivity index (χ1v) is 21.7. The minimum absolute atomic E-state index is 0.595. The van der Waals surface area contributed by atoms with Crippen molar-refractivity contribution >= 4 is 21.5 Å². The quantitative estimate of drug-likeness (QED) is 0.160. The minimum atomic E-state index is -0.595. The summed E-state index contributed by atoms with van der Waals surface area (Å²) < 4.78 is 0. The molecule has 63 heavy (non-hydrogen) atoms. The topological polar surface area (TPSA) is 25.8 Å². The Morgan fingerprint density at radius 2 is 0.714 bits per heavy atom. The Bertz CT molecular complexity index is 3450. The van der Waals surface area contributed by atoms with Crippen LogP contribution in [0.1, 0.15) is 22.3 Å². The van der Waals surface area contributed by atoms with E-state index in [0.717, 1.165) is 44.6 Å². The number of nitrogens with zero attached hydrogens (tertiary/aromatic N) is 2. The first-order valence-electron chi connectivity index (χ1n) is 21.7. The van der Waals surface area contributed by atoms with E-state index in [2.05, 4.69) is 237 Å². The number of hydrogen-bond donors (Lipinski definition) is 0. The third-order valence-electron chi connectivity index (χ3n) is 13.0. The van der Waals surface area contributed by atoms with Crippen molar-refractivity contribution in [2.75, 3.05) is 0 Å². The molecule has 0 bridgehead atoms. The highest BCUT2D eigenvalue weighted by atomic mass is 14.9. The van der Waals surface area contributed by atoms with Crippen molar-refractivity contribution in [1.29, 1.82) is 0 Å². The van der Waals surface area contributed by atoms with Gasteiger partial charge in [0.1, 0.15) is 0 Å². The van der Waals surface area contributed by atoms with E-state index < -0.39 is 5.41 Å². The summed E-state index contributed by atoms with van der Waals surface area (Å²) in [6.07, 6.45) is 0. The average Bonchev–Trinajstić information content (AvgIpc) is 3.69. The van der Waals surface area contributed by atoms with Crippen molar-refractivity contribution < 1.29 is 0 Å². The van der Waals surface area contributed by atoms with Crippen molar-refractivity contribution in [2.45, 2.75) is 5.41 Å². The zero-order valence-corrected chi connectivity index (χ0v) is 34.5. The normalized spacial score (nSPS) is 12.6. The fraction of sp³-hybridized carbons (Fsp3) is 0.0164. The Kier molecular flexibility index (Phi) is 8.76. The van der Waals surface area contributed by atoms with Crippen LogP contribution >= 0.6 is 0 Å². The van der Waals surface area contributed by atoms with Crippen LogP contribution in [0.4, 0.5) is 0 Å². The van der Waals surface area contributed by atoms with Gasteiger partial charge in [0.15, 0.2) is 5.82 Å². The van der Waals surface area contributed by atoms with Crippen LogP contribution in [0.15, 0.2) is 243 Å². The second-order valence-corrected chi connectivity index (χ2v) is 16.4. The Balaban J connectivity index is 1.12. The van der Waals surface area contributed by atoms with Gasteiger partial charge in [-0.15, -0.1) is 0 Å². The second kappa shape index (κ2) is 15.1. The molecule has 12 rings (SSSR count). The van der Waals surface area contributed by atoms with Gasteiger partial charge in [-0.05, 0) is 83.2 Å². The molecule has 0 unspecified atom stereocenters. The van der Waals surface area contributed by atoms with Crippen LogP contribution in [0.25, 0.3) is 88.8 Å². The fourth-order valence-electron chi connectivity index (χ4n) is 10.3. The van der Waals surface area contributed by atoms with E-state index in [-0.39, 0.29) is 0 Å². The largest absolute Gasteiger partial charge is 0.228 e. The van der Waals surface area contributed by atoms with Gasteiger partial charge in [0, 0.05) is 16.7 Å². The molecule has 0 saturated heterocycles. The molecule has 1 aliphatic carbocycles. The summed E-state index contributed by atoms with van der Waals surface area (Å²) in [5.41, 5.74) is 16.6. The first kappa shape index (κ1) is 36.6. The Labute approximate surface area is 367 Å². The molecule has 1 heterocycles. The summed E-state index contributed by atoms with van der Waals surface area (Å²) in [6.45, 7) is 0. The van der Waals surface area contributed by atoms with E-state index in [4.69, 9.17) is 9.97 Å². The number of rotatable bonds is 7. The summed E-state index contributed by atoms with van der Waals surface area (Å²) in [4.78, 5) is 10.6. The van der Waals surface area contributed by atoms with Crippen LogP contribution in [0.2, 0.25) is 0 Å². The lowest BCUT2D eigenvalue weighted by Crippen LogP contribution is -2.29. The predicted molar refractivity (Wildman–Crippen MR) is 262 cm³/mol. The molecule has 0 aliphatic heterocycles. The van der Waals surface area contributed by atoms with E-state index in [1.807, 2.05) is 6.07 Å². The number of benzene rings is 10. The van der Waals surface area contributed by atoms with Crippen molar-refractivity contribution in [1.82, 2.24) is 9.97 Å². The molecule has 0 amide bonds. The highest BCUT2D eigenvalue weighted by Gasteiger charge is 2.48. The molecule has 0 N–H and O–H groups in total. The molecule has 1 aromatic heterocycles. The van der Waals surface area contributed by atoms with Crippen molar-refractivity contribution in [3.8, 4) is 67.3 Å². The lowest BCUT2D eigenvalue weighted by molar-refractivity contribution is 0.777. The molecule has 0 fully saturated rings. The zero-order chi connectivity index (χ0) is 41.7. The lowest BCUT2D eigenvalue weighted by atomic mass is 9.65. The van der Waals surface area contributed by atoms with Crippen LogP contribution in [-0.2, 0) is 5.41 Å². The molecule has 11 aromatic rings. The van der Waals surface area contributed by atoms with E-state index >= 15 is 0 Å². The average molecular weight is 801 g/mol. The smallest absolute Gasteiger partial charge is 0.160 e. The molecule has 10 aromatic carbocycles. The fourth-order valence-corrected chi connectivity index (χ4v) is 10.3. The summed E-state index contributed by atoms with van der Waals surface area (Å²) in [5.74, 6) is 0.695. The second-order valence-electron chi connectivity index (χ2n) is 16.4. The predicted octanol–water partition coefficient (Wildman–Crippen LogP) is 15.5. The van der Waals surface area contributed by atoms with E-state index in [9.17, 15) is 0 Å². The third kappa shape index (κ3) is 5.87. The maximum absolute atomic E-state index is 5.36. The van der Waals surface area contributed by atoms with Crippen LogP contribution in [0.5, 0.6) is 0 Å². The third-order valence-corrected chi connectivity index (χ3v) is 13.0. The Hall–Kier alpha value is -8.20. The monoisotopic (exact) mass is 800 g/mol. The molecule has 2 nitrogen and oxygen atoms in total. The van der Waals surface area contributed by atoms with Crippen LogP contribution in [0, 0.1) is 0 Å². The van der Waals surface area contributed by atoms with Gasteiger partial charge < -0.3 is 0 Å². The van der Waals surface area contributed by atoms with Crippen molar-refractivity contribution in [3.63, 3.8) is 0 Å². The summed E-state index contributed by atoms with van der Waals surface area (Å²) in [7, 11) is 0. The summed E-state index contributed by atoms with van der Waals surface area (Å²) >= 11 is 0. The molecule has 0 saturated carbocycles. The lowest BCUT2D eigenvalue weighted by Gasteiger charge is -2.36. The number of fused-ring (bicyclic) bond motifs is 6. The van der Waals surface area contributed by atoms with Crippen LogP contribution < -0.4 is 0 Å². The number of hydrogen-bond acceptors (Lipinski definition) is 2. The molecular weight excluding hydrogens is 761 g/mol. The van der Waals surface area contributed by atoms with Gasteiger partial charge in [0.05, 0.1) is 16.8 Å². The minimum Gasteiger partial charge on any atom is -0.228 e. The standard InChI is InChI=1S/C61H40N2/c1-5-20-41(21-6-1)46-29-15-18-33-51(46)56-40-57(63-60(62-56)43-23-7-2-8-24-43)52-39-38-50(48-31-16-17-32-49(48)52)53-34-19-35-54-55-37-36-42-22-13-14-30-47(42)58(55)61(59(53)54,44-25-9-3-10-26-44)45-27-11-4-12-28-45/h1-40H. The highest BCUT2D eigenvalue weighted by Crippen LogP contribution is 2.60. The maximum atomic E-state index is 5.36. The molecule has 2 heteroatoms. The van der Waals surface area contributed by atoms with E-state index in [0.29, 0.717) is 5.82 Å². The van der Waals surface area contributed by atoms with Gasteiger partial charge in [0.25, 0.3) is 0 Å². The SMILES string of the molecule is c1ccc(-c2nc(-c3ccccc3-c3ccccc3)cc(-c3ccc(-c4cccc5c4C(c4ccccc4)(c4ccccc4)c4c-5ccc5ccccc45)c4ccccc34)n2)cc1. The molecule has 1 aliphatic rings. The Morgan fingerprint density at radius 1 is 0.270 bits per heavy atom. The molecule has 0 radical (unpaired) electrons. The van der Waals surface area contributed by atoms with Gasteiger partial charge >= 0.3 is 0 Å². The first-order chi connectivity index (χ1) is 31.3. The van der Waals surface area contributed by atoms with Crippen molar-refractivity contribution in [3.05, 3.63) is 265 Å². The molecule has 0 spiro atoms. The van der Waals surface area contributed by atoms with E-state index in [1.54, 1.807) is 0 Å². The zero-order valence-electron chi connectivity index (χ0n) is 34.5. The summed E-state index contributed by atoms with van der Waals surface area (Å²) in [6, 6.07) is 87.8. The van der Waals surface area contributed by atoms with E-state index in [1.165, 1.54) is 60.7 Å². The van der Waals surface area contributed by atoms with Gasteiger partial charge in [-0.3, -0.25) is 0 Å².